The van der Waals surface area contributed by atoms with Crippen molar-refractivity contribution < 1.29 is 4.42 Å². The fourth-order valence-corrected chi connectivity index (χ4v) is 2.74. The molecule has 1 rings (SSSR count). The van der Waals surface area contributed by atoms with Gasteiger partial charge in [0.2, 0.25) is 0 Å². The molecule has 0 spiro atoms. The van der Waals surface area contributed by atoms with Gasteiger partial charge in [-0.1, -0.05) is 71.6 Å². The number of furan rings is 1. The highest BCUT2D eigenvalue weighted by molar-refractivity contribution is 5.04. The Morgan fingerprint density at radius 1 is 0.950 bits per heavy atom. The van der Waals surface area contributed by atoms with Gasteiger partial charge in [0, 0.05) is 0 Å². The Bertz CT molecular complexity index is 294. The molecule has 20 heavy (non-hydrogen) atoms. The van der Waals surface area contributed by atoms with E-state index in [1.54, 1.807) is 6.26 Å². The molecule has 1 heterocycles. The van der Waals surface area contributed by atoms with Crippen LogP contribution in [0.1, 0.15) is 89.9 Å². The summed E-state index contributed by atoms with van der Waals surface area (Å²) in [5, 5.41) is 3.52. The minimum Gasteiger partial charge on any atom is -0.468 e. The molecule has 0 fully saturated rings. The van der Waals surface area contributed by atoms with Gasteiger partial charge >= 0.3 is 0 Å². The van der Waals surface area contributed by atoms with Crippen molar-refractivity contribution in [2.75, 3.05) is 6.54 Å². The van der Waals surface area contributed by atoms with Crippen molar-refractivity contribution in [3.8, 4) is 0 Å². The van der Waals surface area contributed by atoms with Gasteiger partial charge in [-0.05, 0) is 25.1 Å². The molecule has 0 aliphatic carbocycles. The molecule has 116 valence electrons. The van der Waals surface area contributed by atoms with E-state index in [4.69, 9.17) is 4.42 Å². The largest absolute Gasteiger partial charge is 0.468 e. The summed E-state index contributed by atoms with van der Waals surface area (Å²) in [6, 6.07) is 4.47. The molecule has 1 aromatic heterocycles. The number of hydrogen-bond donors (Lipinski definition) is 1. The average Bonchev–Trinajstić information content (AvgIpc) is 2.98. The molecule has 1 aromatic rings. The van der Waals surface area contributed by atoms with Crippen LogP contribution in [0.25, 0.3) is 0 Å². The molecule has 0 bridgehead atoms. The first-order chi connectivity index (χ1) is 9.88. The quantitative estimate of drug-likeness (QED) is 0.458. The minimum atomic E-state index is 0.402. The Morgan fingerprint density at radius 2 is 1.60 bits per heavy atom. The molecular formula is C18H33NO. The molecule has 1 atom stereocenters. The minimum absolute atomic E-state index is 0.402. The molecule has 0 radical (unpaired) electrons. The highest BCUT2D eigenvalue weighted by Crippen LogP contribution is 2.21. The smallest absolute Gasteiger partial charge is 0.120 e. The summed E-state index contributed by atoms with van der Waals surface area (Å²) in [5.74, 6) is 1.09. The van der Waals surface area contributed by atoms with Gasteiger partial charge < -0.3 is 9.73 Å². The third kappa shape index (κ3) is 7.74. The third-order valence-corrected chi connectivity index (χ3v) is 3.93. The van der Waals surface area contributed by atoms with Crippen molar-refractivity contribution in [3.63, 3.8) is 0 Å². The maximum absolute atomic E-state index is 5.52. The first-order valence-corrected chi connectivity index (χ1v) is 8.65. The van der Waals surface area contributed by atoms with Crippen LogP contribution in [0.15, 0.2) is 22.8 Å². The normalized spacial score (nSPS) is 12.7. The van der Waals surface area contributed by atoms with Gasteiger partial charge in [-0.3, -0.25) is 0 Å². The molecule has 0 saturated carbocycles. The van der Waals surface area contributed by atoms with E-state index in [0.29, 0.717) is 6.04 Å². The first kappa shape index (κ1) is 17.3. The summed E-state index contributed by atoms with van der Waals surface area (Å²) in [7, 11) is 0. The Morgan fingerprint density at radius 3 is 2.15 bits per heavy atom. The Labute approximate surface area is 125 Å². The lowest BCUT2D eigenvalue weighted by Gasteiger charge is -2.15. The van der Waals surface area contributed by atoms with Crippen molar-refractivity contribution in [1.29, 1.82) is 0 Å². The number of nitrogens with one attached hydrogen (secondary N) is 1. The molecule has 2 heteroatoms. The Kier molecular flexibility index (Phi) is 10.4. The van der Waals surface area contributed by atoms with Gasteiger partial charge in [0.15, 0.2) is 0 Å². The molecular weight excluding hydrogens is 246 g/mol. The van der Waals surface area contributed by atoms with E-state index in [9.17, 15) is 0 Å². The summed E-state index contributed by atoms with van der Waals surface area (Å²) >= 11 is 0. The van der Waals surface area contributed by atoms with Crippen LogP contribution < -0.4 is 5.32 Å². The van der Waals surface area contributed by atoms with Gasteiger partial charge in [-0.2, -0.15) is 0 Å². The Balaban J connectivity index is 2.01. The number of rotatable bonds is 13. The maximum Gasteiger partial charge on any atom is 0.120 e. The van der Waals surface area contributed by atoms with Crippen LogP contribution in [0.2, 0.25) is 0 Å². The number of unbranched alkanes of at least 4 members (excludes halogenated alkanes) is 8. The third-order valence-electron chi connectivity index (χ3n) is 3.93. The van der Waals surface area contributed by atoms with Crippen LogP contribution in [0, 0.1) is 0 Å². The highest BCUT2D eigenvalue weighted by atomic mass is 16.3. The zero-order valence-corrected chi connectivity index (χ0v) is 13.5. The first-order valence-electron chi connectivity index (χ1n) is 8.65. The van der Waals surface area contributed by atoms with Gasteiger partial charge in [0.25, 0.3) is 0 Å². The molecule has 0 amide bonds. The summed E-state index contributed by atoms with van der Waals surface area (Å²) in [5.41, 5.74) is 0. The monoisotopic (exact) mass is 279 g/mol. The van der Waals surface area contributed by atoms with Gasteiger partial charge in [0.1, 0.15) is 5.76 Å². The van der Waals surface area contributed by atoms with E-state index in [1.165, 1.54) is 64.2 Å². The lowest BCUT2D eigenvalue weighted by molar-refractivity contribution is 0.389. The van der Waals surface area contributed by atoms with Crippen LogP contribution in [0.5, 0.6) is 0 Å². The topological polar surface area (TPSA) is 25.2 Å². The van der Waals surface area contributed by atoms with Gasteiger partial charge in [-0.25, -0.2) is 0 Å². The van der Waals surface area contributed by atoms with E-state index < -0.39 is 0 Å². The second kappa shape index (κ2) is 12.0. The van der Waals surface area contributed by atoms with Gasteiger partial charge in [-0.15, -0.1) is 0 Å². The summed E-state index contributed by atoms with van der Waals surface area (Å²) in [6.45, 7) is 5.44. The molecule has 0 aliphatic rings. The van der Waals surface area contributed by atoms with Crippen molar-refractivity contribution in [1.82, 2.24) is 5.32 Å². The molecule has 0 aromatic carbocycles. The zero-order chi connectivity index (χ0) is 14.5. The fraction of sp³-hybridized carbons (Fsp3) is 0.778. The maximum atomic E-state index is 5.52. The second-order valence-electron chi connectivity index (χ2n) is 5.74. The van der Waals surface area contributed by atoms with E-state index in [0.717, 1.165) is 12.3 Å². The van der Waals surface area contributed by atoms with E-state index >= 15 is 0 Å². The van der Waals surface area contributed by atoms with Crippen LogP contribution >= 0.6 is 0 Å². The molecule has 1 unspecified atom stereocenters. The SMILES string of the molecule is CCCCCCCCCCCC(NCC)c1ccco1. The standard InChI is InChI=1S/C18H33NO/c1-3-5-6-7-8-9-10-11-12-14-17(19-4-2)18-15-13-16-20-18/h13,15-17,19H,3-12,14H2,1-2H3. The summed E-state index contributed by atoms with van der Waals surface area (Å²) in [6.07, 6.45) is 15.5. The second-order valence-corrected chi connectivity index (χ2v) is 5.74. The Hall–Kier alpha value is -0.760. The van der Waals surface area contributed by atoms with Crippen molar-refractivity contribution in [2.24, 2.45) is 0 Å². The highest BCUT2D eigenvalue weighted by Gasteiger charge is 2.11. The molecule has 1 N–H and O–H groups in total. The van der Waals surface area contributed by atoms with E-state index in [-0.39, 0.29) is 0 Å². The molecule has 0 saturated heterocycles. The van der Waals surface area contributed by atoms with Crippen LogP contribution in [0.3, 0.4) is 0 Å². The lowest BCUT2D eigenvalue weighted by Crippen LogP contribution is -2.20. The van der Waals surface area contributed by atoms with Gasteiger partial charge in [0.05, 0.1) is 12.3 Å². The predicted octanol–water partition coefficient (Wildman–Crippen LogP) is 5.85. The van der Waals surface area contributed by atoms with Crippen LogP contribution in [-0.4, -0.2) is 6.54 Å². The fourth-order valence-electron chi connectivity index (χ4n) is 2.74. The van der Waals surface area contributed by atoms with Crippen LogP contribution in [-0.2, 0) is 0 Å². The predicted molar refractivity (Wildman–Crippen MR) is 87.0 cm³/mol. The summed E-state index contributed by atoms with van der Waals surface area (Å²) < 4.78 is 5.52. The molecule has 2 nitrogen and oxygen atoms in total. The van der Waals surface area contributed by atoms with E-state index in [1.807, 2.05) is 6.07 Å². The van der Waals surface area contributed by atoms with Crippen molar-refractivity contribution in [2.45, 2.75) is 84.1 Å². The zero-order valence-electron chi connectivity index (χ0n) is 13.5. The lowest BCUT2D eigenvalue weighted by atomic mass is 10.0. The number of hydrogen-bond acceptors (Lipinski definition) is 2. The average molecular weight is 279 g/mol. The van der Waals surface area contributed by atoms with Crippen molar-refractivity contribution in [3.05, 3.63) is 24.2 Å². The summed E-state index contributed by atoms with van der Waals surface area (Å²) in [4.78, 5) is 0. The van der Waals surface area contributed by atoms with Crippen LogP contribution in [0.4, 0.5) is 0 Å². The van der Waals surface area contributed by atoms with Crippen molar-refractivity contribution >= 4 is 0 Å². The van der Waals surface area contributed by atoms with E-state index in [2.05, 4.69) is 25.2 Å². The molecule has 0 aliphatic heterocycles.